The third kappa shape index (κ3) is 3.39. The van der Waals surface area contributed by atoms with Gasteiger partial charge in [-0.1, -0.05) is 30.0 Å². The monoisotopic (exact) mass is 209 g/mol. The zero-order valence-electron chi connectivity index (χ0n) is 7.84. The predicted molar refractivity (Wildman–Crippen MR) is 52.1 cm³/mol. The number of carbonyl (C=O) groups is 1. The van der Waals surface area contributed by atoms with Crippen LogP contribution in [0.5, 0.6) is 0 Å². The molecule has 0 heterocycles. The number of primary amides is 1. The van der Waals surface area contributed by atoms with Gasteiger partial charge in [0.2, 0.25) is 5.91 Å². The molecule has 1 aromatic carbocycles. The van der Waals surface area contributed by atoms with Crippen LogP contribution in [0.1, 0.15) is 24.0 Å². The highest BCUT2D eigenvalue weighted by Gasteiger charge is 2.09. The van der Waals surface area contributed by atoms with Crippen molar-refractivity contribution >= 4 is 5.91 Å². The van der Waals surface area contributed by atoms with Crippen molar-refractivity contribution in [3.05, 3.63) is 35.4 Å². The number of alkyl halides is 2. The summed E-state index contributed by atoms with van der Waals surface area (Å²) in [7, 11) is 0. The van der Waals surface area contributed by atoms with E-state index in [2.05, 4.69) is 11.8 Å². The van der Waals surface area contributed by atoms with Crippen molar-refractivity contribution in [2.24, 2.45) is 5.73 Å². The van der Waals surface area contributed by atoms with Crippen LogP contribution in [0.2, 0.25) is 0 Å². The molecule has 0 aromatic heterocycles. The number of nitrogens with two attached hydrogens (primary N) is 1. The second-order valence-corrected chi connectivity index (χ2v) is 2.83. The Bertz CT molecular complexity index is 418. The SMILES string of the molecule is NC(=O)CC#Cc1ccccc1C(F)F. The Balaban J connectivity index is 2.92. The van der Waals surface area contributed by atoms with Crippen molar-refractivity contribution in [1.82, 2.24) is 0 Å². The quantitative estimate of drug-likeness (QED) is 0.742. The van der Waals surface area contributed by atoms with Crippen molar-refractivity contribution in [2.45, 2.75) is 12.8 Å². The molecule has 1 aromatic rings. The topological polar surface area (TPSA) is 43.1 Å². The highest BCUT2D eigenvalue weighted by molar-refractivity contribution is 5.76. The Morgan fingerprint density at radius 1 is 1.40 bits per heavy atom. The van der Waals surface area contributed by atoms with E-state index in [4.69, 9.17) is 5.73 Å². The van der Waals surface area contributed by atoms with Crippen LogP contribution in [0, 0.1) is 11.8 Å². The van der Waals surface area contributed by atoms with E-state index in [0.29, 0.717) is 0 Å². The molecule has 15 heavy (non-hydrogen) atoms. The van der Waals surface area contributed by atoms with Crippen LogP contribution in [-0.2, 0) is 4.79 Å². The van der Waals surface area contributed by atoms with E-state index < -0.39 is 12.3 Å². The first-order chi connectivity index (χ1) is 7.11. The van der Waals surface area contributed by atoms with E-state index in [-0.39, 0.29) is 17.5 Å². The Labute approximate surface area is 86.1 Å². The number of carbonyl (C=O) groups excluding carboxylic acids is 1. The molecule has 0 aliphatic rings. The summed E-state index contributed by atoms with van der Waals surface area (Å²) >= 11 is 0. The molecular weight excluding hydrogens is 200 g/mol. The third-order valence-electron chi connectivity index (χ3n) is 1.68. The molecule has 1 rings (SSSR count). The lowest BCUT2D eigenvalue weighted by molar-refractivity contribution is -0.117. The van der Waals surface area contributed by atoms with Gasteiger partial charge in [0.15, 0.2) is 0 Å². The number of hydrogen-bond acceptors (Lipinski definition) is 1. The van der Waals surface area contributed by atoms with Crippen LogP contribution in [0.3, 0.4) is 0 Å². The maximum absolute atomic E-state index is 12.5. The average molecular weight is 209 g/mol. The van der Waals surface area contributed by atoms with E-state index in [1.807, 2.05) is 0 Å². The van der Waals surface area contributed by atoms with E-state index in [1.54, 1.807) is 6.07 Å². The molecule has 78 valence electrons. The minimum atomic E-state index is -2.57. The van der Waals surface area contributed by atoms with E-state index in [1.165, 1.54) is 18.2 Å². The lowest BCUT2D eigenvalue weighted by Gasteiger charge is -2.01. The van der Waals surface area contributed by atoms with Crippen LogP contribution in [0.25, 0.3) is 0 Å². The summed E-state index contributed by atoms with van der Waals surface area (Å²) in [6.45, 7) is 0. The van der Waals surface area contributed by atoms with Crippen molar-refractivity contribution in [2.75, 3.05) is 0 Å². The number of amides is 1. The highest BCUT2D eigenvalue weighted by Crippen LogP contribution is 2.21. The van der Waals surface area contributed by atoms with Crippen LogP contribution in [0.15, 0.2) is 24.3 Å². The Morgan fingerprint density at radius 2 is 2.07 bits per heavy atom. The number of rotatable bonds is 2. The minimum absolute atomic E-state index is 0.127. The normalized spacial score (nSPS) is 9.53. The minimum Gasteiger partial charge on any atom is -0.369 e. The van der Waals surface area contributed by atoms with Gasteiger partial charge in [-0.05, 0) is 6.07 Å². The van der Waals surface area contributed by atoms with Gasteiger partial charge in [-0.15, -0.1) is 0 Å². The molecule has 1 amide bonds. The first-order valence-corrected chi connectivity index (χ1v) is 4.25. The standard InChI is InChI=1S/C11H9F2NO/c12-11(13)9-6-2-1-4-8(9)5-3-7-10(14)15/h1-2,4,6,11H,7H2,(H2,14,15). The Morgan fingerprint density at radius 3 is 2.67 bits per heavy atom. The molecule has 0 bridgehead atoms. The maximum atomic E-state index is 12.5. The first-order valence-electron chi connectivity index (χ1n) is 4.25. The molecule has 0 radical (unpaired) electrons. The van der Waals surface area contributed by atoms with Gasteiger partial charge in [0.25, 0.3) is 6.43 Å². The summed E-state index contributed by atoms with van der Waals surface area (Å²) in [5.74, 6) is 4.36. The molecule has 0 aliphatic heterocycles. The van der Waals surface area contributed by atoms with Gasteiger partial charge in [0, 0.05) is 11.1 Å². The smallest absolute Gasteiger partial charge is 0.265 e. The van der Waals surface area contributed by atoms with Gasteiger partial charge in [-0.2, -0.15) is 0 Å². The summed E-state index contributed by atoms with van der Waals surface area (Å²) in [4.78, 5) is 10.4. The van der Waals surface area contributed by atoms with Crippen LogP contribution in [-0.4, -0.2) is 5.91 Å². The number of halogens is 2. The number of benzene rings is 1. The average Bonchev–Trinajstić information content (AvgIpc) is 2.17. The molecule has 0 atom stereocenters. The zero-order chi connectivity index (χ0) is 11.3. The fraction of sp³-hybridized carbons (Fsp3) is 0.182. The lowest BCUT2D eigenvalue weighted by Crippen LogP contribution is -2.08. The molecule has 2 nitrogen and oxygen atoms in total. The fourth-order valence-corrected chi connectivity index (χ4v) is 1.03. The summed E-state index contributed by atoms with van der Waals surface area (Å²) in [6, 6.07) is 5.91. The van der Waals surface area contributed by atoms with Crippen LogP contribution in [0.4, 0.5) is 8.78 Å². The molecule has 0 fully saturated rings. The summed E-state index contributed by atoms with van der Waals surface area (Å²) < 4.78 is 24.9. The fourth-order valence-electron chi connectivity index (χ4n) is 1.03. The lowest BCUT2D eigenvalue weighted by atomic mass is 10.1. The van der Waals surface area contributed by atoms with Gasteiger partial charge in [-0.3, -0.25) is 4.79 Å². The molecule has 0 spiro atoms. The van der Waals surface area contributed by atoms with E-state index in [9.17, 15) is 13.6 Å². The summed E-state index contributed by atoms with van der Waals surface area (Å²) in [5, 5.41) is 0. The summed E-state index contributed by atoms with van der Waals surface area (Å²) in [5.41, 5.74) is 4.97. The Kier molecular flexibility index (Phi) is 3.81. The molecule has 0 saturated heterocycles. The van der Waals surface area contributed by atoms with Crippen molar-refractivity contribution in [3.63, 3.8) is 0 Å². The van der Waals surface area contributed by atoms with Crippen molar-refractivity contribution in [1.29, 1.82) is 0 Å². The second kappa shape index (κ2) is 5.11. The van der Waals surface area contributed by atoms with Gasteiger partial charge >= 0.3 is 0 Å². The highest BCUT2D eigenvalue weighted by atomic mass is 19.3. The second-order valence-electron chi connectivity index (χ2n) is 2.83. The van der Waals surface area contributed by atoms with Crippen LogP contribution >= 0.6 is 0 Å². The molecule has 0 aliphatic carbocycles. The van der Waals surface area contributed by atoms with Crippen molar-refractivity contribution in [3.8, 4) is 11.8 Å². The molecule has 0 unspecified atom stereocenters. The predicted octanol–water partition coefficient (Wildman–Crippen LogP) is 1.85. The molecule has 0 saturated carbocycles. The summed E-state index contributed by atoms with van der Waals surface area (Å²) in [6.07, 6.45) is -2.69. The van der Waals surface area contributed by atoms with Crippen molar-refractivity contribution < 1.29 is 13.6 Å². The van der Waals surface area contributed by atoms with E-state index >= 15 is 0 Å². The Hall–Kier alpha value is -1.89. The third-order valence-corrected chi connectivity index (χ3v) is 1.68. The zero-order valence-corrected chi connectivity index (χ0v) is 7.84. The maximum Gasteiger partial charge on any atom is 0.265 e. The van der Waals surface area contributed by atoms with Gasteiger partial charge < -0.3 is 5.73 Å². The van der Waals surface area contributed by atoms with E-state index in [0.717, 1.165) is 0 Å². The van der Waals surface area contributed by atoms with Gasteiger partial charge in [-0.25, -0.2) is 8.78 Å². The van der Waals surface area contributed by atoms with Crippen LogP contribution < -0.4 is 5.73 Å². The van der Waals surface area contributed by atoms with Gasteiger partial charge in [0.1, 0.15) is 0 Å². The molecular formula is C11H9F2NO. The largest absolute Gasteiger partial charge is 0.369 e. The first kappa shape index (κ1) is 11.2. The van der Waals surface area contributed by atoms with Gasteiger partial charge in [0.05, 0.1) is 6.42 Å². The number of hydrogen-bond donors (Lipinski definition) is 1. The molecule has 4 heteroatoms. The molecule has 2 N–H and O–H groups in total.